The Balaban J connectivity index is 2.18. The summed E-state index contributed by atoms with van der Waals surface area (Å²) in [5, 5.41) is 3.21. The summed E-state index contributed by atoms with van der Waals surface area (Å²) in [4.78, 5) is 12.2. The van der Waals surface area contributed by atoms with Crippen LogP contribution < -0.4 is 14.8 Å². The fourth-order valence-electron chi connectivity index (χ4n) is 4.20. The van der Waals surface area contributed by atoms with Crippen molar-refractivity contribution in [1.29, 1.82) is 0 Å². The molecular formula is C27H44N2O5S. The van der Waals surface area contributed by atoms with Crippen LogP contribution >= 0.6 is 0 Å². The molecule has 0 heterocycles. The molecule has 2 rings (SSSR count). The number of rotatable bonds is 16. The monoisotopic (exact) mass is 508 g/mol. The van der Waals surface area contributed by atoms with Crippen LogP contribution in [0.3, 0.4) is 0 Å². The Morgan fingerprint density at radius 3 is 2.43 bits per heavy atom. The van der Waals surface area contributed by atoms with Crippen LogP contribution in [0.4, 0.5) is 5.69 Å². The first kappa shape index (κ1) is 29.2. The molecule has 0 unspecified atom stereocenters. The Labute approximate surface area is 212 Å². The molecule has 1 aliphatic carbocycles. The molecule has 1 fully saturated rings. The molecule has 8 heteroatoms. The molecule has 0 spiro atoms. The third-order valence-electron chi connectivity index (χ3n) is 6.20. The summed E-state index contributed by atoms with van der Waals surface area (Å²) in [7, 11) is -3.67. The van der Waals surface area contributed by atoms with Crippen LogP contribution in [0.5, 0.6) is 5.75 Å². The van der Waals surface area contributed by atoms with Gasteiger partial charge in [0.25, 0.3) is 0 Å². The predicted octanol–water partition coefficient (Wildman–Crippen LogP) is 6.31. The summed E-state index contributed by atoms with van der Waals surface area (Å²) >= 11 is 0. The van der Waals surface area contributed by atoms with E-state index in [0.29, 0.717) is 36.8 Å². The number of sulfonamides is 1. The second-order valence-corrected chi connectivity index (χ2v) is 10.8. The highest BCUT2D eigenvalue weighted by Gasteiger charge is 2.23. The molecule has 2 N–H and O–H groups in total. The molecule has 0 bridgehead atoms. The molecular weight excluding hydrogens is 464 g/mol. The first-order valence-corrected chi connectivity index (χ1v) is 14.8. The lowest BCUT2D eigenvalue weighted by molar-refractivity contribution is -0.137. The van der Waals surface area contributed by atoms with E-state index in [9.17, 15) is 13.2 Å². The van der Waals surface area contributed by atoms with Crippen LogP contribution in [0, 0.1) is 0 Å². The van der Waals surface area contributed by atoms with Crippen molar-refractivity contribution in [2.75, 3.05) is 18.5 Å². The maximum atomic E-state index is 13.1. The van der Waals surface area contributed by atoms with Gasteiger partial charge in [0.05, 0.1) is 23.8 Å². The Kier molecular flexibility index (Phi) is 13.2. The predicted molar refractivity (Wildman–Crippen MR) is 141 cm³/mol. The van der Waals surface area contributed by atoms with Gasteiger partial charge in [-0.15, -0.1) is 0 Å². The molecule has 0 amide bonds. The molecule has 1 saturated carbocycles. The lowest BCUT2D eigenvalue weighted by Gasteiger charge is -2.23. The zero-order valence-electron chi connectivity index (χ0n) is 21.7. The summed E-state index contributed by atoms with van der Waals surface area (Å²) in [5.74, 6) is 0.132. The van der Waals surface area contributed by atoms with Gasteiger partial charge in [0.1, 0.15) is 5.75 Å². The fourth-order valence-corrected chi connectivity index (χ4v) is 5.53. The molecule has 0 radical (unpaired) electrons. The van der Waals surface area contributed by atoms with Crippen LogP contribution in [0.1, 0.15) is 97.8 Å². The number of hydrogen-bond acceptors (Lipinski definition) is 6. The van der Waals surface area contributed by atoms with Crippen molar-refractivity contribution in [3.05, 3.63) is 30.0 Å². The Hall–Kier alpha value is -2.06. The smallest absolute Gasteiger partial charge is 0.332 e. The van der Waals surface area contributed by atoms with Gasteiger partial charge >= 0.3 is 5.97 Å². The highest BCUT2D eigenvalue weighted by Crippen LogP contribution is 2.30. The van der Waals surface area contributed by atoms with E-state index in [4.69, 9.17) is 9.47 Å². The molecule has 7 nitrogen and oxygen atoms in total. The standard InChI is InChI=1S/C27H44N2O5S/c1-4-7-8-9-10-14-19-34-26-18-17-24(35(31,32)29-23-15-12-11-13-16-23)21-25(26)28-22(5-2)20-27(30)33-6-3/h17-18,20-21,23,28-29H,4-16,19H2,1-3H3. The zero-order chi connectivity index (χ0) is 25.5. The summed E-state index contributed by atoms with van der Waals surface area (Å²) in [5.41, 5.74) is 1.16. The normalized spacial score (nSPS) is 15.1. The van der Waals surface area contributed by atoms with Crippen molar-refractivity contribution >= 4 is 21.7 Å². The van der Waals surface area contributed by atoms with Crippen LogP contribution in [0.25, 0.3) is 0 Å². The number of anilines is 1. The number of benzene rings is 1. The van der Waals surface area contributed by atoms with Crippen molar-refractivity contribution in [1.82, 2.24) is 4.72 Å². The second-order valence-electron chi connectivity index (χ2n) is 9.13. The average Bonchev–Trinajstić information content (AvgIpc) is 2.84. The SMILES string of the molecule is CCCCCCCCOc1ccc(S(=O)(=O)NC2CCCCC2)cc1NC(=CC(=O)OCC)CC. The fraction of sp³-hybridized carbons (Fsp3) is 0.667. The topological polar surface area (TPSA) is 93.7 Å². The van der Waals surface area contributed by atoms with Crippen molar-refractivity contribution in [2.24, 2.45) is 0 Å². The van der Waals surface area contributed by atoms with Gasteiger partial charge in [-0.1, -0.05) is 65.2 Å². The number of esters is 1. The van der Waals surface area contributed by atoms with Gasteiger partial charge in [0.2, 0.25) is 10.0 Å². The Morgan fingerprint density at radius 1 is 1.03 bits per heavy atom. The molecule has 1 aliphatic rings. The van der Waals surface area contributed by atoms with Crippen molar-refractivity contribution in [3.63, 3.8) is 0 Å². The van der Waals surface area contributed by atoms with E-state index in [1.807, 2.05) is 6.92 Å². The minimum Gasteiger partial charge on any atom is -0.491 e. The molecule has 1 aromatic rings. The Bertz CT molecular complexity index is 908. The van der Waals surface area contributed by atoms with Gasteiger partial charge in [-0.25, -0.2) is 17.9 Å². The number of ether oxygens (including phenoxy) is 2. The number of unbranched alkanes of at least 4 members (excludes halogenated alkanes) is 5. The highest BCUT2D eigenvalue weighted by molar-refractivity contribution is 7.89. The minimum atomic E-state index is -3.67. The van der Waals surface area contributed by atoms with E-state index in [-0.39, 0.29) is 10.9 Å². The second kappa shape index (κ2) is 15.8. The molecule has 0 atom stereocenters. The van der Waals surface area contributed by atoms with Crippen molar-refractivity contribution in [2.45, 2.75) is 109 Å². The minimum absolute atomic E-state index is 0.0243. The third kappa shape index (κ3) is 10.6. The van der Waals surface area contributed by atoms with Crippen LogP contribution in [-0.4, -0.2) is 33.6 Å². The van der Waals surface area contributed by atoms with Crippen LogP contribution in [0.2, 0.25) is 0 Å². The van der Waals surface area contributed by atoms with E-state index in [0.717, 1.165) is 44.9 Å². The largest absolute Gasteiger partial charge is 0.491 e. The van der Waals surface area contributed by atoms with E-state index in [1.165, 1.54) is 31.8 Å². The number of allylic oxidation sites excluding steroid dienone is 1. The highest BCUT2D eigenvalue weighted by atomic mass is 32.2. The van der Waals surface area contributed by atoms with E-state index in [1.54, 1.807) is 25.1 Å². The summed E-state index contributed by atoms with van der Waals surface area (Å²) in [6.07, 6.45) is 13.9. The summed E-state index contributed by atoms with van der Waals surface area (Å²) in [6.45, 7) is 6.72. The van der Waals surface area contributed by atoms with Crippen molar-refractivity contribution < 1.29 is 22.7 Å². The maximum absolute atomic E-state index is 13.1. The van der Waals surface area contributed by atoms with Gasteiger partial charge in [0.15, 0.2) is 0 Å². The Morgan fingerprint density at radius 2 is 1.74 bits per heavy atom. The number of carbonyl (C=O) groups excluding carboxylic acids is 1. The lowest BCUT2D eigenvalue weighted by Crippen LogP contribution is -2.36. The van der Waals surface area contributed by atoms with E-state index in [2.05, 4.69) is 17.0 Å². The summed E-state index contributed by atoms with van der Waals surface area (Å²) in [6, 6.07) is 4.86. The van der Waals surface area contributed by atoms with Gasteiger partial charge < -0.3 is 14.8 Å². The molecule has 1 aromatic carbocycles. The quantitative estimate of drug-likeness (QED) is 0.154. The first-order valence-electron chi connectivity index (χ1n) is 13.3. The number of hydrogen-bond donors (Lipinski definition) is 2. The van der Waals surface area contributed by atoms with Gasteiger partial charge in [-0.05, 0) is 50.8 Å². The van der Waals surface area contributed by atoms with Gasteiger partial charge in [-0.3, -0.25) is 0 Å². The summed E-state index contributed by atoms with van der Waals surface area (Å²) < 4.78 is 40.1. The number of nitrogens with one attached hydrogen (secondary N) is 2. The van der Waals surface area contributed by atoms with Gasteiger partial charge in [-0.2, -0.15) is 0 Å². The van der Waals surface area contributed by atoms with Crippen molar-refractivity contribution in [3.8, 4) is 5.75 Å². The first-order chi connectivity index (χ1) is 16.9. The molecule has 198 valence electrons. The molecule has 0 saturated heterocycles. The zero-order valence-corrected chi connectivity index (χ0v) is 22.6. The molecule has 35 heavy (non-hydrogen) atoms. The number of carbonyl (C=O) groups is 1. The van der Waals surface area contributed by atoms with Crippen LogP contribution in [-0.2, 0) is 19.6 Å². The maximum Gasteiger partial charge on any atom is 0.332 e. The third-order valence-corrected chi connectivity index (χ3v) is 7.72. The molecule has 0 aromatic heterocycles. The van der Waals surface area contributed by atoms with Crippen LogP contribution in [0.15, 0.2) is 34.9 Å². The van der Waals surface area contributed by atoms with E-state index < -0.39 is 16.0 Å². The lowest BCUT2D eigenvalue weighted by atomic mass is 9.96. The molecule has 0 aliphatic heterocycles. The average molecular weight is 509 g/mol. The van der Waals surface area contributed by atoms with E-state index >= 15 is 0 Å². The van der Waals surface area contributed by atoms with Gasteiger partial charge in [0, 0.05) is 17.8 Å².